The molecule has 1 aromatic heterocycles. The van der Waals surface area contributed by atoms with Gasteiger partial charge in [-0.3, -0.25) is 4.98 Å². The summed E-state index contributed by atoms with van der Waals surface area (Å²) in [6.07, 6.45) is 5.44. The smallest absolute Gasteiger partial charge is 0.119 e. The van der Waals surface area contributed by atoms with Gasteiger partial charge in [0, 0.05) is 18.8 Å². The van der Waals surface area contributed by atoms with E-state index in [-0.39, 0.29) is 0 Å². The van der Waals surface area contributed by atoms with Crippen molar-refractivity contribution in [2.45, 2.75) is 6.61 Å². The molecule has 0 aliphatic heterocycles. The Morgan fingerprint density at radius 3 is 2.41 bits per heavy atom. The summed E-state index contributed by atoms with van der Waals surface area (Å²) in [6, 6.07) is 20.0. The third-order valence-corrected chi connectivity index (χ3v) is 3.39. The highest BCUT2D eigenvalue weighted by Crippen LogP contribution is 2.19. The second kappa shape index (κ2) is 7.10. The van der Waals surface area contributed by atoms with E-state index in [0.29, 0.717) is 11.6 Å². The van der Waals surface area contributed by atoms with Crippen LogP contribution in [0.5, 0.6) is 5.75 Å². The van der Waals surface area contributed by atoms with Gasteiger partial charge in [-0.1, -0.05) is 54.1 Å². The number of rotatable bonds is 5. The number of hydrogen-bond acceptors (Lipinski definition) is 2. The van der Waals surface area contributed by atoms with Gasteiger partial charge >= 0.3 is 0 Å². The summed E-state index contributed by atoms with van der Waals surface area (Å²) in [5, 5.41) is 0.636. The molecule has 0 atom stereocenters. The van der Waals surface area contributed by atoms with Gasteiger partial charge in [0.25, 0.3) is 0 Å². The third-order valence-electron chi connectivity index (χ3n) is 3.19. The SMILES string of the molecule is Clc1cncc([CH]c2ccc(OCc3ccccc3)cc2)c1. The summed E-state index contributed by atoms with van der Waals surface area (Å²) in [5.74, 6) is 0.852. The van der Waals surface area contributed by atoms with Crippen molar-refractivity contribution in [2.24, 2.45) is 0 Å². The fraction of sp³-hybridized carbons (Fsp3) is 0.0526. The van der Waals surface area contributed by atoms with Gasteiger partial charge in [-0.2, -0.15) is 0 Å². The van der Waals surface area contributed by atoms with E-state index < -0.39 is 0 Å². The Bertz CT molecular complexity index is 726. The van der Waals surface area contributed by atoms with E-state index in [1.165, 1.54) is 0 Å². The molecule has 3 heteroatoms. The normalized spacial score (nSPS) is 10.4. The van der Waals surface area contributed by atoms with Crippen molar-refractivity contribution in [3.05, 3.63) is 101 Å². The van der Waals surface area contributed by atoms with Crippen LogP contribution in [0, 0.1) is 6.42 Å². The van der Waals surface area contributed by atoms with Crippen LogP contribution in [0.4, 0.5) is 0 Å². The lowest BCUT2D eigenvalue weighted by molar-refractivity contribution is 0.306. The lowest BCUT2D eigenvalue weighted by Crippen LogP contribution is -1.95. The summed E-state index contributed by atoms with van der Waals surface area (Å²) in [7, 11) is 0. The zero-order valence-electron chi connectivity index (χ0n) is 11.9. The van der Waals surface area contributed by atoms with Crippen molar-refractivity contribution in [1.82, 2.24) is 4.98 Å². The van der Waals surface area contributed by atoms with Gasteiger partial charge in [0.1, 0.15) is 12.4 Å². The van der Waals surface area contributed by atoms with E-state index in [1.807, 2.05) is 67.1 Å². The molecule has 0 saturated heterocycles. The largest absolute Gasteiger partial charge is 0.489 e. The Kier molecular flexibility index (Phi) is 4.71. The standard InChI is InChI=1S/C19H15ClNO/c20-18-11-17(12-21-13-18)10-15-6-8-19(9-7-15)22-14-16-4-2-1-3-5-16/h1-13H,14H2. The first-order chi connectivity index (χ1) is 10.8. The highest BCUT2D eigenvalue weighted by molar-refractivity contribution is 6.30. The maximum absolute atomic E-state index is 5.93. The van der Waals surface area contributed by atoms with E-state index in [4.69, 9.17) is 16.3 Å². The van der Waals surface area contributed by atoms with Gasteiger partial charge < -0.3 is 4.74 Å². The molecular formula is C19H15ClNO. The summed E-state index contributed by atoms with van der Waals surface area (Å²) in [6.45, 7) is 0.572. The molecule has 0 bridgehead atoms. The first-order valence-corrected chi connectivity index (χ1v) is 7.39. The number of halogens is 1. The minimum Gasteiger partial charge on any atom is -0.489 e. The molecular weight excluding hydrogens is 294 g/mol. The van der Waals surface area contributed by atoms with Gasteiger partial charge in [0.2, 0.25) is 0 Å². The second-order valence-electron chi connectivity index (χ2n) is 4.92. The minimum atomic E-state index is 0.572. The zero-order chi connectivity index (χ0) is 15.2. The molecule has 3 rings (SSSR count). The van der Waals surface area contributed by atoms with Crippen LogP contribution in [-0.2, 0) is 6.61 Å². The average molecular weight is 309 g/mol. The van der Waals surface area contributed by atoms with Crippen LogP contribution in [0.3, 0.4) is 0 Å². The number of aromatic nitrogens is 1. The van der Waals surface area contributed by atoms with Crippen molar-refractivity contribution >= 4 is 11.6 Å². The van der Waals surface area contributed by atoms with E-state index in [1.54, 1.807) is 12.4 Å². The minimum absolute atomic E-state index is 0.572. The molecule has 0 unspecified atom stereocenters. The fourth-order valence-electron chi connectivity index (χ4n) is 2.10. The second-order valence-corrected chi connectivity index (χ2v) is 5.36. The molecule has 2 nitrogen and oxygen atoms in total. The van der Waals surface area contributed by atoms with E-state index in [2.05, 4.69) is 4.98 Å². The molecule has 0 spiro atoms. The average Bonchev–Trinajstić information content (AvgIpc) is 2.55. The maximum atomic E-state index is 5.93. The van der Waals surface area contributed by atoms with Gasteiger partial charge in [-0.05, 0) is 34.9 Å². The monoisotopic (exact) mass is 308 g/mol. The van der Waals surface area contributed by atoms with Gasteiger partial charge in [0.05, 0.1) is 5.02 Å². The molecule has 0 aliphatic carbocycles. The Hall–Kier alpha value is -2.32. The van der Waals surface area contributed by atoms with Crippen LogP contribution in [0.15, 0.2) is 73.1 Å². The van der Waals surface area contributed by atoms with Crippen LogP contribution in [0.2, 0.25) is 5.02 Å². The van der Waals surface area contributed by atoms with E-state index in [9.17, 15) is 0 Å². The van der Waals surface area contributed by atoms with Crippen LogP contribution < -0.4 is 4.74 Å². The predicted octanol–water partition coefficient (Wildman–Crippen LogP) is 4.91. The lowest BCUT2D eigenvalue weighted by atomic mass is 10.1. The van der Waals surface area contributed by atoms with Crippen molar-refractivity contribution in [1.29, 1.82) is 0 Å². The molecule has 0 aliphatic rings. The Morgan fingerprint density at radius 1 is 0.909 bits per heavy atom. The summed E-state index contributed by atoms with van der Waals surface area (Å²) >= 11 is 5.93. The molecule has 2 aromatic carbocycles. The summed E-state index contributed by atoms with van der Waals surface area (Å²) in [4.78, 5) is 4.07. The lowest BCUT2D eigenvalue weighted by Gasteiger charge is -2.07. The van der Waals surface area contributed by atoms with Gasteiger partial charge in [0.15, 0.2) is 0 Å². The number of nitrogens with zero attached hydrogens (tertiary/aromatic N) is 1. The van der Waals surface area contributed by atoms with Crippen LogP contribution in [-0.4, -0.2) is 4.98 Å². The first-order valence-electron chi connectivity index (χ1n) is 7.02. The molecule has 1 heterocycles. The topological polar surface area (TPSA) is 22.1 Å². The van der Waals surface area contributed by atoms with E-state index in [0.717, 1.165) is 22.4 Å². The molecule has 0 N–H and O–H groups in total. The van der Waals surface area contributed by atoms with Crippen LogP contribution in [0.25, 0.3) is 0 Å². The predicted molar refractivity (Wildman–Crippen MR) is 89.0 cm³/mol. The first kappa shape index (κ1) is 14.6. The maximum Gasteiger partial charge on any atom is 0.119 e. The Balaban J connectivity index is 1.60. The highest BCUT2D eigenvalue weighted by atomic mass is 35.5. The van der Waals surface area contributed by atoms with Crippen LogP contribution in [0.1, 0.15) is 16.7 Å². The summed E-state index contributed by atoms with van der Waals surface area (Å²) in [5.41, 5.74) is 3.21. The molecule has 0 saturated carbocycles. The van der Waals surface area contributed by atoms with Crippen molar-refractivity contribution in [3.8, 4) is 5.75 Å². The van der Waals surface area contributed by atoms with Gasteiger partial charge in [-0.15, -0.1) is 0 Å². The quantitative estimate of drug-likeness (QED) is 0.668. The fourth-order valence-corrected chi connectivity index (χ4v) is 2.28. The molecule has 0 amide bonds. The molecule has 1 radical (unpaired) electrons. The third kappa shape index (κ3) is 4.09. The van der Waals surface area contributed by atoms with Crippen LogP contribution >= 0.6 is 11.6 Å². The highest BCUT2D eigenvalue weighted by Gasteiger charge is 2.00. The number of ether oxygens (including phenoxy) is 1. The number of benzene rings is 2. The molecule has 22 heavy (non-hydrogen) atoms. The Morgan fingerprint density at radius 2 is 1.68 bits per heavy atom. The van der Waals surface area contributed by atoms with Gasteiger partial charge in [-0.25, -0.2) is 0 Å². The Labute approximate surface area is 135 Å². The number of pyridine rings is 1. The molecule has 109 valence electrons. The van der Waals surface area contributed by atoms with Crippen molar-refractivity contribution in [3.63, 3.8) is 0 Å². The van der Waals surface area contributed by atoms with Crippen molar-refractivity contribution < 1.29 is 4.74 Å². The van der Waals surface area contributed by atoms with Crippen molar-refractivity contribution in [2.75, 3.05) is 0 Å². The zero-order valence-corrected chi connectivity index (χ0v) is 12.7. The number of hydrogen-bond donors (Lipinski definition) is 0. The molecule has 3 aromatic rings. The van der Waals surface area contributed by atoms with E-state index >= 15 is 0 Å². The summed E-state index contributed by atoms with van der Waals surface area (Å²) < 4.78 is 5.77. The molecule has 0 fully saturated rings.